The molecule has 3 aromatic rings. The van der Waals surface area contributed by atoms with Gasteiger partial charge in [-0.05, 0) is 64.4 Å². The van der Waals surface area contributed by atoms with Crippen molar-refractivity contribution in [1.82, 2.24) is 10.2 Å². The second-order valence-electron chi connectivity index (χ2n) is 6.71. The number of hydrogen-bond acceptors (Lipinski definition) is 6. The first-order chi connectivity index (χ1) is 14.3. The molecule has 0 aliphatic carbocycles. The van der Waals surface area contributed by atoms with E-state index < -0.39 is 22.0 Å². The highest BCUT2D eigenvalue weighted by Crippen LogP contribution is 2.28. The largest absolute Gasteiger partial charge is 0.289 e. The molecule has 0 aliphatic heterocycles. The molecule has 0 unspecified atom stereocenters. The van der Waals surface area contributed by atoms with Gasteiger partial charge in [-0.3, -0.25) is 10.0 Å². The van der Waals surface area contributed by atoms with Crippen LogP contribution in [0, 0.1) is 0 Å². The minimum atomic E-state index is -3.85. The van der Waals surface area contributed by atoms with Crippen molar-refractivity contribution in [3.63, 3.8) is 0 Å². The molecular formula is C21H22N2O4S3. The van der Waals surface area contributed by atoms with Crippen LogP contribution in [0.1, 0.15) is 17.5 Å². The van der Waals surface area contributed by atoms with Crippen molar-refractivity contribution in [2.75, 3.05) is 6.26 Å². The van der Waals surface area contributed by atoms with Crippen molar-refractivity contribution in [2.24, 2.45) is 0 Å². The Labute approximate surface area is 184 Å². The molecule has 1 aromatic heterocycles. The quantitative estimate of drug-likeness (QED) is 0.254. The fraction of sp³-hybridized carbons (Fsp3) is 0.190. The summed E-state index contributed by atoms with van der Waals surface area (Å²) >= 11 is 3.11. The predicted molar refractivity (Wildman–Crippen MR) is 123 cm³/mol. The molecule has 3 rings (SSSR count). The van der Waals surface area contributed by atoms with E-state index in [0.29, 0.717) is 11.1 Å². The first-order valence-electron chi connectivity index (χ1n) is 9.04. The topological polar surface area (TPSA) is 95.5 Å². The van der Waals surface area contributed by atoms with Gasteiger partial charge < -0.3 is 0 Å². The number of carbonyl (C=O) groups is 1. The van der Waals surface area contributed by atoms with E-state index >= 15 is 0 Å². The summed E-state index contributed by atoms with van der Waals surface area (Å²) in [6.45, 7) is 4.02. The van der Waals surface area contributed by atoms with Crippen molar-refractivity contribution >= 4 is 54.7 Å². The molecule has 9 heteroatoms. The first kappa shape index (κ1) is 22.5. The highest BCUT2D eigenvalue weighted by molar-refractivity contribution is 7.98. The maximum absolute atomic E-state index is 12.7. The van der Waals surface area contributed by atoms with Crippen LogP contribution >= 0.6 is 23.1 Å². The van der Waals surface area contributed by atoms with Crippen LogP contribution in [-0.2, 0) is 20.6 Å². The number of thiophene rings is 1. The summed E-state index contributed by atoms with van der Waals surface area (Å²) in [5.41, 5.74) is 3.59. The molecule has 1 heterocycles. The summed E-state index contributed by atoms with van der Waals surface area (Å²) < 4.78 is 29.0. The van der Waals surface area contributed by atoms with Crippen LogP contribution in [0.5, 0.6) is 0 Å². The normalized spacial score (nSPS) is 12.6. The average molecular weight is 463 g/mol. The molecule has 0 saturated carbocycles. The first-order valence-corrected chi connectivity index (χ1v) is 12.8. The molecule has 0 saturated heterocycles. The molecule has 0 radical (unpaired) electrons. The van der Waals surface area contributed by atoms with Crippen LogP contribution in [0.15, 0.2) is 65.4 Å². The molecule has 1 amide bonds. The van der Waals surface area contributed by atoms with E-state index in [4.69, 9.17) is 5.21 Å². The standard InChI is InChI=1S/C21H22N2O4S3/c1-14(17-5-3-4-6-20(17)28-2)11-18(21(24)22-25)23-30(26,27)13-15-7-8-19-16(12-15)9-10-29-19/h3-10,12,18,23,25H,1,11,13H2,2H3,(H,22,24)/t18-/m1/s1. The van der Waals surface area contributed by atoms with Crippen LogP contribution in [0.2, 0.25) is 0 Å². The molecule has 0 bridgehead atoms. The van der Waals surface area contributed by atoms with E-state index in [1.54, 1.807) is 22.9 Å². The van der Waals surface area contributed by atoms with Crippen LogP contribution < -0.4 is 10.2 Å². The molecular weight excluding hydrogens is 440 g/mol. The third kappa shape index (κ3) is 5.50. The van der Waals surface area contributed by atoms with Crippen LogP contribution in [-0.4, -0.2) is 31.8 Å². The molecule has 0 fully saturated rings. The number of rotatable bonds is 9. The van der Waals surface area contributed by atoms with Gasteiger partial charge in [-0.1, -0.05) is 30.8 Å². The molecule has 0 aliphatic rings. The van der Waals surface area contributed by atoms with E-state index in [1.165, 1.54) is 11.8 Å². The minimum absolute atomic E-state index is 0.0206. The molecule has 1 atom stereocenters. The lowest BCUT2D eigenvalue weighted by atomic mass is 10.0. The third-order valence-corrected chi connectivity index (χ3v) is 7.61. The Bertz CT molecular complexity index is 1170. The van der Waals surface area contributed by atoms with E-state index in [1.807, 2.05) is 54.1 Å². The lowest BCUT2D eigenvalue weighted by molar-refractivity contribution is -0.130. The maximum atomic E-state index is 12.7. The lowest BCUT2D eigenvalue weighted by Gasteiger charge is -2.19. The fourth-order valence-electron chi connectivity index (χ4n) is 3.14. The number of hydroxylamine groups is 1. The number of sulfonamides is 1. The number of amides is 1. The van der Waals surface area contributed by atoms with Gasteiger partial charge in [0.05, 0.1) is 5.75 Å². The molecule has 0 spiro atoms. The van der Waals surface area contributed by atoms with Crippen LogP contribution in [0.4, 0.5) is 0 Å². The SMILES string of the molecule is C=C(C[C@@H](NS(=O)(=O)Cc1ccc2sccc2c1)C(=O)NO)c1ccccc1SC. The number of thioether (sulfide) groups is 1. The summed E-state index contributed by atoms with van der Waals surface area (Å²) in [6.07, 6.45) is 1.95. The van der Waals surface area contributed by atoms with Crippen molar-refractivity contribution < 1.29 is 18.4 Å². The van der Waals surface area contributed by atoms with Gasteiger partial charge in [0, 0.05) is 9.60 Å². The molecule has 158 valence electrons. The van der Waals surface area contributed by atoms with E-state index in [9.17, 15) is 13.2 Å². The van der Waals surface area contributed by atoms with Gasteiger partial charge >= 0.3 is 0 Å². The molecule has 6 nitrogen and oxygen atoms in total. The van der Waals surface area contributed by atoms with Gasteiger partial charge in [0.2, 0.25) is 10.0 Å². The second kappa shape index (κ2) is 9.76. The van der Waals surface area contributed by atoms with Gasteiger partial charge in [-0.2, -0.15) is 0 Å². The Morgan fingerprint density at radius 1 is 1.23 bits per heavy atom. The maximum Gasteiger partial charge on any atom is 0.261 e. The Balaban J connectivity index is 1.77. The number of hydrogen-bond donors (Lipinski definition) is 3. The highest BCUT2D eigenvalue weighted by Gasteiger charge is 2.26. The van der Waals surface area contributed by atoms with Gasteiger partial charge in [0.1, 0.15) is 6.04 Å². The van der Waals surface area contributed by atoms with Gasteiger partial charge in [-0.25, -0.2) is 18.6 Å². The number of fused-ring (bicyclic) bond motifs is 1. The Hall–Kier alpha value is -2.17. The van der Waals surface area contributed by atoms with Gasteiger partial charge in [0.15, 0.2) is 0 Å². The number of nitrogens with one attached hydrogen (secondary N) is 2. The summed E-state index contributed by atoms with van der Waals surface area (Å²) in [4.78, 5) is 13.1. The Morgan fingerprint density at radius 3 is 2.73 bits per heavy atom. The smallest absolute Gasteiger partial charge is 0.261 e. The third-order valence-electron chi connectivity index (χ3n) is 4.56. The monoisotopic (exact) mass is 462 g/mol. The molecule has 2 aromatic carbocycles. The van der Waals surface area contributed by atoms with Gasteiger partial charge in [-0.15, -0.1) is 23.1 Å². The van der Waals surface area contributed by atoms with Crippen molar-refractivity contribution in [1.29, 1.82) is 0 Å². The fourth-order valence-corrected chi connectivity index (χ4v) is 5.89. The zero-order valence-corrected chi connectivity index (χ0v) is 18.7. The Kier molecular flexibility index (Phi) is 7.32. The average Bonchev–Trinajstić information content (AvgIpc) is 3.19. The van der Waals surface area contributed by atoms with Gasteiger partial charge in [0.25, 0.3) is 5.91 Å². The van der Waals surface area contributed by atoms with Crippen LogP contribution in [0.3, 0.4) is 0 Å². The lowest BCUT2D eigenvalue weighted by Crippen LogP contribution is -2.46. The molecule has 30 heavy (non-hydrogen) atoms. The minimum Gasteiger partial charge on any atom is -0.289 e. The zero-order valence-electron chi connectivity index (χ0n) is 16.3. The summed E-state index contributed by atoms with van der Waals surface area (Å²) in [5, 5.41) is 12.0. The van der Waals surface area contributed by atoms with Crippen LogP contribution in [0.25, 0.3) is 15.7 Å². The van der Waals surface area contributed by atoms with Crippen molar-refractivity contribution in [2.45, 2.75) is 23.1 Å². The Morgan fingerprint density at radius 2 is 2.00 bits per heavy atom. The summed E-state index contributed by atoms with van der Waals surface area (Å²) in [6, 6.07) is 13.7. The number of benzene rings is 2. The summed E-state index contributed by atoms with van der Waals surface area (Å²) in [5.74, 6) is -1.11. The highest BCUT2D eigenvalue weighted by atomic mass is 32.2. The van der Waals surface area contributed by atoms with Crippen molar-refractivity contribution in [3.05, 3.63) is 71.6 Å². The zero-order chi connectivity index (χ0) is 21.7. The number of carbonyl (C=O) groups excluding carboxylic acids is 1. The predicted octanol–water partition coefficient (Wildman–Crippen LogP) is 4.02. The van der Waals surface area contributed by atoms with E-state index in [0.717, 1.165) is 20.5 Å². The molecule has 3 N–H and O–H groups in total. The van der Waals surface area contributed by atoms with E-state index in [-0.39, 0.29) is 12.2 Å². The summed E-state index contributed by atoms with van der Waals surface area (Å²) in [7, 11) is -3.85. The van der Waals surface area contributed by atoms with Crippen molar-refractivity contribution in [3.8, 4) is 0 Å². The second-order valence-corrected chi connectivity index (χ2v) is 10.3. The van der Waals surface area contributed by atoms with E-state index in [2.05, 4.69) is 11.3 Å².